The Bertz CT molecular complexity index is 324. The van der Waals surface area contributed by atoms with E-state index in [4.69, 9.17) is 4.42 Å². The maximum Gasteiger partial charge on any atom is 0.117 e. The summed E-state index contributed by atoms with van der Waals surface area (Å²) in [7, 11) is 0. The van der Waals surface area contributed by atoms with Crippen molar-refractivity contribution < 1.29 is 4.42 Å². The van der Waals surface area contributed by atoms with Crippen LogP contribution >= 0.6 is 0 Å². The van der Waals surface area contributed by atoms with Crippen molar-refractivity contribution in [1.29, 1.82) is 0 Å². The van der Waals surface area contributed by atoms with Crippen LogP contribution in [-0.2, 0) is 6.54 Å². The molecule has 4 heteroatoms. The third kappa shape index (κ3) is 2.70. The molecule has 0 aliphatic carbocycles. The molecule has 2 saturated heterocycles. The third-order valence-corrected chi connectivity index (χ3v) is 3.79. The van der Waals surface area contributed by atoms with E-state index in [-0.39, 0.29) is 0 Å². The zero-order chi connectivity index (χ0) is 11.5. The van der Waals surface area contributed by atoms with Crippen LogP contribution in [0.2, 0.25) is 0 Å². The van der Waals surface area contributed by atoms with E-state index in [1.54, 1.807) is 6.26 Å². The van der Waals surface area contributed by atoms with Crippen molar-refractivity contribution in [2.24, 2.45) is 0 Å². The summed E-state index contributed by atoms with van der Waals surface area (Å²) in [5.41, 5.74) is 0. The maximum atomic E-state index is 5.38. The number of hydrogen-bond acceptors (Lipinski definition) is 4. The lowest BCUT2D eigenvalue weighted by Gasteiger charge is -2.44. The van der Waals surface area contributed by atoms with E-state index in [1.807, 2.05) is 6.07 Å². The molecule has 0 bridgehead atoms. The average molecular weight is 235 g/mol. The zero-order valence-corrected chi connectivity index (χ0v) is 10.3. The molecule has 1 N–H and O–H groups in total. The molecular formula is C13H21N3O. The molecule has 1 aromatic rings. The van der Waals surface area contributed by atoms with E-state index >= 15 is 0 Å². The molecule has 3 heterocycles. The largest absolute Gasteiger partial charge is 0.468 e. The Labute approximate surface area is 103 Å². The van der Waals surface area contributed by atoms with Crippen LogP contribution < -0.4 is 5.32 Å². The van der Waals surface area contributed by atoms with Crippen molar-refractivity contribution in [2.45, 2.75) is 19.0 Å². The number of hydrogen-bond donors (Lipinski definition) is 1. The fourth-order valence-corrected chi connectivity index (χ4v) is 2.76. The first kappa shape index (κ1) is 11.3. The van der Waals surface area contributed by atoms with Crippen LogP contribution in [0.4, 0.5) is 0 Å². The van der Waals surface area contributed by atoms with Gasteiger partial charge in [-0.2, -0.15) is 0 Å². The minimum absolute atomic E-state index is 0.768. The topological polar surface area (TPSA) is 31.7 Å². The predicted molar refractivity (Wildman–Crippen MR) is 66.8 cm³/mol. The Morgan fingerprint density at radius 1 is 1.29 bits per heavy atom. The fourth-order valence-electron chi connectivity index (χ4n) is 2.76. The van der Waals surface area contributed by atoms with E-state index in [0.29, 0.717) is 0 Å². The van der Waals surface area contributed by atoms with Gasteiger partial charge in [0.15, 0.2) is 0 Å². The van der Waals surface area contributed by atoms with Gasteiger partial charge >= 0.3 is 0 Å². The van der Waals surface area contributed by atoms with E-state index in [9.17, 15) is 0 Å². The van der Waals surface area contributed by atoms with Crippen LogP contribution in [0, 0.1) is 0 Å². The summed E-state index contributed by atoms with van der Waals surface area (Å²) >= 11 is 0. The van der Waals surface area contributed by atoms with Gasteiger partial charge in [-0.3, -0.25) is 9.80 Å². The molecule has 2 aliphatic rings. The molecule has 4 nitrogen and oxygen atoms in total. The Morgan fingerprint density at radius 3 is 3.06 bits per heavy atom. The molecule has 1 aromatic heterocycles. The standard InChI is InChI=1S/C13H21N3O/c1-3-13(17-8-1)11-15-9-12(10-15)16-6-2-4-14-5-7-16/h1,3,8,12,14H,2,4-7,9-11H2. The third-order valence-electron chi connectivity index (χ3n) is 3.79. The number of rotatable bonds is 3. The minimum Gasteiger partial charge on any atom is -0.468 e. The minimum atomic E-state index is 0.768. The Kier molecular flexibility index (Phi) is 3.45. The molecule has 0 atom stereocenters. The molecule has 94 valence electrons. The first-order valence-electron chi connectivity index (χ1n) is 6.61. The average Bonchev–Trinajstić information content (AvgIpc) is 2.65. The molecule has 0 spiro atoms. The van der Waals surface area contributed by atoms with Gasteiger partial charge in [-0.05, 0) is 31.6 Å². The van der Waals surface area contributed by atoms with Crippen LogP contribution in [0.3, 0.4) is 0 Å². The Morgan fingerprint density at radius 2 is 2.24 bits per heavy atom. The molecule has 0 unspecified atom stereocenters. The van der Waals surface area contributed by atoms with E-state index in [1.165, 1.54) is 39.1 Å². The maximum absolute atomic E-state index is 5.38. The van der Waals surface area contributed by atoms with Crippen molar-refractivity contribution in [3.63, 3.8) is 0 Å². The fraction of sp³-hybridized carbons (Fsp3) is 0.692. The van der Waals surface area contributed by atoms with Crippen LogP contribution in [0.1, 0.15) is 12.2 Å². The molecule has 2 aliphatic heterocycles. The monoisotopic (exact) mass is 235 g/mol. The molecule has 0 saturated carbocycles. The van der Waals surface area contributed by atoms with Crippen molar-refractivity contribution >= 4 is 0 Å². The molecule has 3 rings (SSSR count). The van der Waals surface area contributed by atoms with Crippen molar-refractivity contribution in [3.05, 3.63) is 24.2 Å². The Hall–Kier alpha value is -0.840. The summed E-state index contributed by atoms with van der Waals surface area (Å²) < 4.78 is 5.38. The number of likely N-dealkylation sites (tertiary alicyclic amines) is 1. The van der Waals surface area contributed by atoms with Crippen LogP contribution in [0.5, 0.6) is 0 Å². The summed E-state index contributed by atoms with van der Waals surface area (Å²) in [5, 5.41) is 3.46. The van der Waals surface area contributed by atoms with Gasteiger partial charge in [0.2, 0.25) is 0 Å². The molecular weight excluding hydrogens is 214 g/mol. The molecule has 0 amide bonds. The summed E-state index contributed by atoms with van der Waals surface area (Å²) in [5.74, 6) is 1.08. The predicted octanol–water partition coefficient (Wildman–Crippen LogP) is 0.759. The number of nitrogens with one attached hydrogen (secondary N) is 1. The second kappa shape index (κ2) is 5.21. The SMILES string of the molecule is c1coc(CN2CC(N3CCCNCC3)C2)c1. The lowest BCUT2D eigenvalue weighted by molar-refractivity contribution is 0.0280. The van der Waals surface area contributed by atoms with Crippen molar-refractivity contribution in [1.82, 2.24) is 15.1 Å². The van der Waals surface area contributed by atoms with Crippen molar-refractivity contribution in [2.75, 3.05) is 39.3 Å². The quantitative estimate of drug-likeness (QED) is 0.838. The summed E-state index contributed by atoms with van der Waals surface area (Å²) in [6.07, 6.45) is 3.04. The first-order chi connectivity index (χ1) is 8.42. The molecule has 17 heavy (non-hydrogen) atoms. The summed E-state index contributed by atoms with van der Waals surface area (Å²) in [6, 6.07) is 4.79. The van der Waals surface area contributed by atoms with Crippen LogP contribution in [-0.4, -0.2) is 55.1 Å². The summed E-state index contributed by atoms with van der Waals surface area (Å²) in [6.45, 7) is 8.15. The smallest absolute Gasteiger partial charge is 0.117 e. The van der Waals surface area contributed by atoms with Gasteiger partial charge in [0.05, 0.1) is 12.8 Å². The number of furan rings is 1. The first-order valence-corrected chi connectivity index (χ1v) is 6.61. The van der Waals surface area contributed by atoms with Crippen LogP contribution in [0.15, 0.2) is 22.8 Å². The highest BCUT2D eigenvalue weighted by Gasteiger charge is 2.31. The van der Waals surface area contributed by atoms with Gasteiger partial charge in [0, 0.05) is 32.2 Å². The van der Waals surface area contributed by atoms with Gasteiger partial charge in [0.25, 0.3) is 0 Å². The van der Waals surface area contributed by atoms with Gasteiger partial charge in [-0.15, -0.1) is 0 Å². The highest BCUT2D eigenvalue weighted by molar-refractivity contribution is 5.00. The van der Waals surface area contributed by atoms with E-state index in [0.717, 1.165) is 24.9 Å². The van der Waals surface area contributed by atoms with Gasteiger partial charge in [-0.25, -0.2) is 0 Å². The number of nitrogens with zero attached hydrogens (tertiary/aromatic N) is 2. The van der Waals surface area contributed by atoms with Crippen molar-refractivity contribution in [3.8, 4) is 0 Å². The molecule has 0 radical (unpaired) electrons. The second-order valence-electron chi connectivity index (χ2n) is 5.07. The lowest BCUT2D eigenvalue weighted by atomic mass is 10.1. The van der Waals surface area contributed by atoms with Gasteiger partial charge in [-0.1, -0.05) is 0 Å². The highest BCUT2D eigenvalue weighted by Crippen LogP contribution is 2.18. The van der Waals surface area contributed by atoms with E-state index in [2.05, 4.69) is 21.2 Å². The normalized spacial score (nSPS) is 24.5. The van der Waals surface area contributed by atoms with Crippen LogP contribution in [0.25, 0.3) is 0 Å². The highest BCUT2D eigenvalue weighted by atomic mass is 16.3. The summed E-state index contributed by atoms with van der Waals surface area (Å²) in [4.78, 5) is 5.10. The van der Waals surface area contributed by atoms with Gasteiger partial charge in [0.1, 0.15) is 5.76 Å². The lowest BCUT2D eigenvalue weighted by Crippen LogP contribution is -2.59. The second-order valence-corrected chi connectivity index (χ2v) is 5.07. The Balaban J connectivity index is 1.44. The molecule has 0 aromatic carbocycles. The zero-order valence-electron chi connectivity index (χ0n) is 10.3. The van der Waals surface area contributed by atoms with E-state index < -0.39 is 0 Å². The molecule has 2 fully saturated rings. The van der Waals surface area contributed by atoms with Gasteiger partial charge < -0.3 is 9.73 Å².